The highest BCUT2D eigenvalue weighted by Gasteiger charge is 2.19. The third-order valence-corrected chi connectivity index (χ3v) is 4.13. The van der Waals surface area contributed by atoms with Gasteiger partial charge in [-0.2, -0.15) is 0 Å². The number of halogens is 1. The topological polar surface area (TPSA) is 74.3 Å². The molecule has 2 aromatic carbocycles. The first-order valence-corrected chi connectivity index (χ1v) is 7.90. The second kappa shape index (κ2) is 6.84. The van der Waals surface area contributed by atoms with Crippen molar-refractivity contribution in [2.45, 2.75) is 6.92 Å². The van der Waals surface area contributed by atoms with Crippen LogP contribution in [0.3, 0.4) is 0 Å². The van der Waals surface area contributed by atoms with Gasteiger partial charge in [0.1, 0.15) is 17.4 Å². The van der Waals surface area contributed by atoms with Crippen molar-refractivity contribution in [1.82, 2.24) is 4.57 Å². The predicted molar refractivity (Wildman–Crippen MR) is 97.6 cm³/mol. The van der Waals surface area contributed by atoms with Gasteiger partial charge in [0.25, 0.3) is 5.56 Å². The highest BCUT2D eigenvalue weighted by molar-refractivity contribution is 6.11. The zero-order chi connectivity index (χ0) is 18.8. The van der Waals surface area contributed by atoms with Crippen LogP contribution in [0.4, 0.5) is 10.2 Å². The number of nitrogens with two attached hydrogens (primary N) is 1. The van der Waals surface area contributed by atoms with Crippen molar-refractivity contribution in [3.63, 3.8) is 0 Å². The first kappa shape index (κ1) is 17.4. The largest absolute Gasteiger partial charge is 0.495 e. The summed E-state index contributed by atoms with van der Waals surface area (Å²) in [6.07, 6.45) is 0. The molecule has 3 aromatic rings. The average molecular weight is 352 g/mol. The quantitative estimate of drug-likeness (QED) is 0.732. The summed E-state index contributed by atoms with van der Waals surface area (Å²) >= 11 is 0. The molecule has 0 saturated heterocycles. The van der Waals surface area contributed by atoms with Crippen LogP contribution in [-0.4, -0.2) is 17.5 Å². The lowest BCUT2D eigenvalue weighted by Gasteiger charge is -2.17. The van der Waals surface area contributed by atoms with Crippen molar-refractivity contribution in [1.29, 1.82) is 0 Å². The van der Waals surface area contributed by atoms with Crippen LogP contribution in [0.2, 0.25) is 0 Å². The fourth-order valence-electron chi connectivity index (χ4n) is 2.82. The first-order chi connectivity index (χ1) is 12.4. The zero-order valence-electron chi connectivity index (χ0n) is 14.3. The second-order valence-corrected chi connectivity index (χ2v) is 5.77. The van der Waals surface area contributed by atoms with E-state index in [-0.39, 0.29) is 22.5 Å². The van der Waals surface area contributed by atoms with Gasteiger partial charge >= 0.3 is 0 Å². The summed E-state index contributed by atoms with van der Waals surface area (Å²) in [5.74, 6) is -0.377. The lowest BCUT2D eigenvalue weighted by atomic mass is 10.0. The maximum atomic E-state index is 13.1. The molecular weight excluding hydrogens is 335 g/mol. The van der Waals surface area contributed by atoms with Crippen LogP contribution in [0.5, 0.6) is 5.75 Å². The fraction of sp³-hybridized carbons (Fsp3) is 0.100. The lowest BCUT2D eigenvalue weighted by Crippen LogP contribution is -2.24. The van der Waals surface area contributed by atoms with Crippen LogP contribution >= 0.6 is 0 Å². The van der Waals surface area contributed by atoms with E-state index in [1.807, 2.05) is 13.0 Å². The second-order valence-electron chi connectivity index (χ2n) is 5.77. The van der Waals surface area contributed by atoms with Gasteiger partial charge in [-0.05, 0) is 48.9 Å². The maximum Gasteiger partial charge on any atom is 0.256 e. The van der Waals surface area contributed by atoms with Crippen LogP contribution in [0.1, 0.15) is 21.5 Å². The molecule has 0 atom stereocenters. The van der Waals surface area contributed by atoms with E-state index < -0.39 is 11.6 Å². The van der Waals surface area contributed by atoms with Crippen molar-refractivity contribution in [2.75, 3.05) is 12.8 Å². The third-order valence-electron chi connectivity index (χ3n) is 4.13. The maximum absolute atomic E-state index is 13.1. The Kier molecular flexibility index (Phi) is 4.58. The smallest absolute Gasteiger partial charge is 0.256 e. The molecule has 0 spiro atoms. The molecule has 5 nitrogen and oxygen atoms in total. The number of carbonyl (C=O) groups excluding carboxylic acids is 1. The molecule has 0 aliphatic rings. The molecule has 0 bridgehead atoms. The third kappa shape index (κ3) is 2.97. The normalized spacial score (nSPS) is 10.6. The Morgan fingerprint density at radius 3 is 2.42 bits per heavy atom. The molecule has 132 valence electrons. The zero-order valence-corrected chi connectivity index (χ0v) is 14.3. The number of nitrogens with zero attached hydrogens (tertiary/aromatic N) is 1. The summed E-state index contributed by atoms with van der Waals surface area (Å²) in [4.78, 5) is 25.2. The van der Waals surface area contributed by atoms with Gasteiger partial charge in [-0.3, -0.25) is 14.2 Å². The fourth-order valence-corrected chi connectivity index (χ4v) is 2.82. The SMILES string of the molecule is COc1cccc(C)c1-n1c(N)c(C(=O)c2ccc(F)cc2)ccc1=O. The van der Waals surface area contributed by atoms with E-state index in [1.165, 1.54) is 48.1 Å². The van der Waals surface area contributed by atoms with E-state index in [0.717, 1.165) is 5.56 Å². The van der Waals surface area contributed by atoms with E-state index in [0.29, 0.717) is 11.4 Å². The summed E-state index contributed by atoms with van der Waals surface area (Å²) in [5, 5.41) is 0. The van der Waals surface area contributed by atoms with Crippen LogP contribution in [0.15, 0.2) is 59.4 Å². The van der Waals surface area contributed by atoms with Crippen LogP contribution in [-0.2, 0) is 0 Å². The molecule has 0 amide bonds. The van der Waals surface area contributed by atoms with Gasteiger partial charge in [-0.1, -0.05) is 12.1 Å². The van der Waals surface area contributed by atoms with E-state index in [1.54, 1.807) is 12.1 Å². The number of hydrogen-bond acceptors (Lipinski definition) is 4. The van der Waals surface area contributed by atoms with Crippen molar-refractivity contribution >= 4 is 11.6 Å². The average Bonchev–Trinajstić information content (AvgIpc) is 2.63. The van der Waals surface area contributed by atoms with Crippen molar-refractivity contribution in [2.24, 2.45) is 0 Å². The number of pyridine rings is 1. The van der Waals surface area contributed by atoms with Gasteiger partial charge in [0, 0.05) is 11.6 Å². The molecule has 2 N–H and O–H groups in total. The van der Waals surface area contributed by atoms with Gasteiger partial charge in [0.15, 0.2) is 5.78 Å². The van der Waals surface area contributed by atoms with Gasteiger partial charge in [-0.25, -0.2) is 4.39 Å². The molecular formula is C20H17FN2O3. The van der Waals surface area contributed by atoms with Crippen LogP contribution < -0.4 is 16.0 Å². The van der Waals surface area contributed by atoms with E-state index in [4.69, 9.17) is 10.5 Å². The summed E-state index contributed by atoms with van der Waals surface area (Å²) in [6, 6.07) is 13.1. The van der Waals surface area contributed by atoms with Gasteiger partial charge < -0.3 is 10.5 Å². The highest BCUT2D eigenvalue weighted by atomic mass is 19.1. The Labute approximate surface area is 149 Å². The molecule has 1 aromatic heterocycles. The summed E-state index contributed by atoms with van der Waals surface area (Å²) in [7, 11) is 1.49. The number of ketones is 1. The number of rotatable bonds is 4. The Balaban J connectivity index is 2.21. The molecule has 0 radical (unpaired) electrons. The van der Waals surface area contributed by atoms with Crippen molar-refractivity contribution in [3.8, 4) is 11.4 Å². The molecule has 6 heteroatoms. The monoisotopic (exact) mass is 352 g/mol. The van der Waals surface area contributed by atoms with Crippen LogP contribution in [0, 0.1) is 12.7 Å². The summed E-state index contributed by atoms with van der Waals surface area (Å²) in [5.41, 5.74) is 7.48. The summed E-state index contributed by atoms with van der Waals surface area (Å²) in [6.45, 7) is 1.82. The number of nitrogen functional groups attached to an aromatic ring is 1. The number of carbonyl (C=O) groups is 1. The van der Waals surface area contributed by atoms with Crippen molar-refractivity contribution in [3.05, 3.63) is 87.5 Å². The number of ether oxygens (including phenoxy) is 1. The molecule has 0 aliphatic heterocycles. The minimum atomic E-state index is -0.441. The molecule has 0 fully saturated rings. The number of benzene rings is 2. The molecule has 0 saturated carbocycles. The molecule has 0 unspecified atom stereocenters. The Bertz CT molecular complexity index is 1040. The molecule has 1 heterocycles. The van der Waals surface area contributed by atoms with Gasteiger partial charge in [0.2, 0.25) is 0 Å². The standard InChI is InChI=1S/C20H17FN2O3/c1-12-4-3-5-16(26-2)18(12)23-17(24)11-10-15(20(23)22)19(25)13-6-8-14(21)9-7-13/h3-11H,22H2,1-2H3. The molecule has 0 aliphatic carbocycles. The number of aromatic nitrogens is 1. The van der Waals surface area contributed by atoms with Gasteiger partial charge in [0.05, 0.1) is 18.4 Å². The molecule has 26 heavy (non-hydrogen) atoms. The lowest BCUT2D eigenvalue weighted by molar-refractivity contribution is 0.103. The van der Waals surface area contributed by atoms with Crippen molar-refractivity contribution < 1.29 is 13.9 Å². The van der Waals surface area contributed by atoms with E-state index >= 15 is 0 Å². The minimum Gasteiger partial charge on any atom is -0.495 e. The Morgan fingerprint density at radius 2 is 1.77 bits per heavy atom. The highest BCUT2D eigenvalue weighted by Crippen LogP contribution is 2.28. The number of anilines is 1. The summed E-state index contributed by atoms with van der Waals surface area (Å²) < 4.78 is 19.7. The van der Waals surface area contributed by atoms with Crippen LogP contribution in [0.25, 0.3) is 5.69 Å². The number of methoxy groups -OCH3 is 1. The Hall–Kier alpha value is -3.41. The van der Waals surface area contributed by atoms with E-state index in [2.05, 4.69) is 0 Å². The minimum absolute atomic E-state index is 0.000532. The molecule has 3 rings (SSSR count). The Morgan fingerprint density at radius 1 is 1.08 bits per heavy atom. The van der Waals surface area contributed by atoms with E-state index in [9.17, 15) is 14.0 Å². The first-order valence-electron chi connectivity index (χ1n) is 7.90. The number of para-hydroxylation sites is 1. The number of hydrogen-bond donors (Lipinski definition) is 1. The number of aryl methyl sites for hydroxylation is 1. The van der Waals surface area contributed by atoms with Gasteiger partial charge in [-0.15, -0.1) is 0 Å². The predicted octanol–water partition coefficient (Wildman–Crippen LogP) is 3.11.